The maximum Gasteiger partial charge on any atom is 0.407 e. The van der Waals surface area contributed by atoms with E-state index in [-0.39, 0.29) is 11.6 Å². The lowest BCUT2D eigenvalue weighted by atomic mass is 9.92. The minimum absolute atomic E-state index is 0.0709. The Hall–Kier alpha value is -3.35. The largest absolute Gasteiger partial charge is 0.444 e. The molecular formula is C30H45F2N7O3. The maximum atomic E-state index is 14.7. The number of hydrogen-bond acceptors (Lipinski definition) is 7. The van der Waals surface area contributed by atoms with Gasteiger partial charge in [-0.1, -0.05) is 13.8 Å². The van der Waals surface area contributed by atoms with Crippen LogP contribution in [0.15, 0.2) is 24.3 Å². The van der Waals surface area contributed by atoms with Gasteiger partial charge in [-0.3, -0.25) is 10.00 Å². The van der Waals surface area contributed by atoms with E-state index < -0.39 is 35.5 Å². The highest BCUT2D eigenvalue weighted by Crippen LogP contribution is 2.36. The van der Waals surface area contributed by atoms with Gasteiger partial charge in [0.1, 0.15) is 29.0 Å². The molecule has 1 fully saturated rings. The average molecular weight is 590 g/mol. The molecule has 1 amide bonds. The third-order valence-corrected chi connectivity index (χ3v) is 6.96. The highest BCUT2D eigenvalue weighted by Gasteiger charge is 2.40. The van der Waals surface area contributed by atoms with Gasteiger partial charge in [-0.15, -0.1) is 0 Å². The third kappa shape index (κ3) is 7.53. The Morgan fingerprint density at radius 1 is 1.21 bits per heavy atom. The van der Waals surface area contributed by atoms with Crippen LogP contribution in [0.5, 0.6) is 0 Å². The molecule has 232 valence electrons. The van der Waals surface area contributed by atoms with Gasteiger partial charge in [0.15, 0.2) is 5.82 Å². The standard InChI is InChI=1S/C27H34F2N6O3.C2H6.CH5N/c1-6-35-23-13-34(12-22(23)30-25(35)21-9-15(2)32-33-21)17-11-20(31-26(36)38-27(3,4)5)24(37-14-17)18-10-16(28)7-8-19(18)29;2*1-2/h7-10,17,20,24H,6,11-14H2,1-5H3,(H,31,36)(H,32,33);1-2H3;2H2,1H3/t17?,20?,24-;;/m1../s1. The zero-order valence-corrected chi connectivity index (χ0v) is 25.9. The quantitative estimate of drug-likeness (QED) is 0.373. The van der Waals surface area contributed by atoms with Crippen LogP contribution in [0.2, 0.25) is 0 Å². The summed E-state index contributed by atoms with van der Waals surface area (Å²) in [4.78, 5) is 19.8. The van der Waals surface area contributed by atoms with Gasteiger partial charge in [0.2, 0.25) is 0 Å². The number of carbonyl (C=O) groups is 1. The monoisotopic (exact) mass is 589 g/mol. The first kappa shape index (κ1) is 33.2. The second-order valence-electron chi connectivity index (χ2n) is 11.0. The summed E-state index contributed by atoms with van der Waals surface area (Å²) in [6.07, 6.45) is -1.00. The van der Waals surface area contributed by atoms with Gasteiger partial charge >= 0.3 is 6.09 Å². The Balaban J connectivity index is 0.00000116. The number of aromatic nitrogens is 4. The van der Waals surface area contributed by atoms with E-state index in [0.29, 0.717) is 26.1 Å². The van der Waals surface area contributed by atoms with E-state index in [1.54, 1.807) is 20.8 Å². The van der Waals surface area contributed by atoms with Crippen molar-refractivity contribution >= 4 is 6.09 Å². The number of rotatable bonds is 5. The van der Waals surface area contributed by atoms with Crippen LogP contribution in [-0.4, -0.2) is 62.1 Å². The highest BCUT2D eigenvalue weighted by molar-refractivity contribution is 5.68. The molecule has 5 rings (SSSR count). The number of carbonyl (C=O) groups excluding carboxylic acids is 1. The van der Waals surface area contributed by atoms with Crippen molar-refractivity contribution < 1.29 is 23.0 Å². The van der Waals surface area contributed by atoms with Crippen molar-refractivity contribution in [1.29, 1.82) is 0 Å². The predicted molar refractivity (Wildman–Crippen MR) is 158 cm³/mol. The van der Waals surface area contributed by atoms with Gasteiger partial charge in [-0.2, -0.15) is 5.10 Å². The molecule has 3 aromatic rings. The van der Waals surface area contributed by atoms with Gasteiger partial charge in [0.05, 0.1) is 24.0 Å². The molecular weight excluding hydrogens is 544 g/mol. The Morgan fingerprint density at radius 2 is 1.93 bits per heavy atom. The van der Waals surface area contributed by atoms with E-state index in [4.69, 9.17) is 14.5 Å². The van der Waals surface area contributed by atoms with Crippen LogP contribution < -0.4 is 11.1 Å². The molecule has 12 heteroatoms. The predicted octanol–water partition coefficient (Wildman–Crippen LogP) is 5.22. The number of H-pyrrole nitrogens is 1. The van der Waals surface area contributed by atoms with Gasteiger partial charge < -0.3 is 25.1 Å². The van der Waals surface area contributed by atoms with Crippen LogP contribution in [0.4, 0.5) is 13.6 Å². The normalized spacial score (nSPS) is 20.1. The Kier molecular flexibility index (Phi) is 11.2. The molecule has 4 heterocycles. The number of imidazole rings is 1. The molecule has 3 atom stereocenters. The van der Waals surface area contributed by atoms with Crippen molar-refractivity contribution in [3.05, 3.63) is 58.5 Å². The Bertz CT molecular complexity index is 1330. The number of amides is 1. The number of alkyl carbamates (subject to hydrolysis) is 1. The first-order valence-electron chi connectivity index (χ1n) is 14.5. The fourth-order valence-corrected chi connectivity index (χ4v) is 5.31. The molecule has 2 aliphatic heterocycles. The summed E-state index contributed by atoms with van der Waals surface area (Å²) in [7, 11) is 1.50. The van der Waals surface area contributed by atoms with Crippen LogP contribution in [0.3, 0.4) is 0 Å². The lowest BCUT2D eigenvalue weighted by Gasteiger charge is -2.40. The maximum absolute atomic E-state index is 14.7. The van der Waals surface area contributed by atoms with Gasteiger partial charge in [-0.05, 0) is 72.4 Å². The van der Waals surface area contributed by atoms with Crippen molar-refractivity contribution in [2.75, 3.05) is 13.7 Å². The third-order valence-electron chi connectivity index (χ3n) is 6.96. The Labute approximate surface area is 247 Å². The number of fused-ring (bicyclic) bond motifs is 1. The molecule has 0 radical (unpaired) electrons. The van der Waals surface area contributed by atoms with Crippen molar-refractivity contribution in [1.82, 2.24) is 30.0 Å². The molecule has 1 saturated heterocycles. The molecule has 0 spiro atoms. The summed E-state index contributed by atoms with van der Waals surface area (Å²) >= 11 is 0. The Morgan fingerprint density at radius 3 is 2.55 bits per heavy atom. The first-order valence-corrected chi connectivity index (χ1v) is 14.5. The van der Waals surface area contributed by atoms with Crippen LogP contribution in [0, 0.1) is 18.6 Å². The average Bonchev–Trinajstić information content (AvgIpc) is 3.65. The second kappa shape index (κ2) is 14.2. The lowest BCUT2D eigenvalue weighted by Crippen LogP contribution is -2.52. The van der Waals surface area contributed by atoms with Crippen molar-refractivity contribution in [2.45, 2.75) is 98.3 Å². The van der Waals surface area contributed by atoms with Gasteiger partial charge in [0.25, 0.3) is 0 Å². The van der Waals surface area contributed by atoms with Crippen molar-refractivity contribution in [2.24, 2.45) is 5.73 Å². The minimum atomic E-state index is -0.850. The van der Waals surface area contributed by atoms with Crippen molar-refractivity contribution in [3.8, 4) is 11.5 Å². The van der Waals surface area contributed by atoms with Crippen molar-refractivity contribution in [3.63, 3.8) is 0 Å². The topological polar surface area (TPSA) is 123 Å². The molecule has 2 aliphatic rings. The van der Waals surface area contributed by atoms with E-state index in [1.165, 1.54) is 7.05 Å². The highest BCUT2D eigenvalue weighted by atomic mass is 19.1. The number of ether oxygens (including phenoxy) is 2. The van der Waals surface area contributed by atoms with Gasteiger partial charge in [-0.25, -0.2) is 18.6 Å². The number of aryl methyl sites for hydroxylation is 1. The number of hydrogen-bond donors (Lipinski definition) is 3. The van der Waals surface area contributed by atoms with E-state index in [9.17, 15) is 13.6 Å². The van der Waals surface area contributed by atoms with Crippen LogP contribution in [0.1, 0.15) is 76.7 Å². The van der Waals surface area contributed by atoms with E-state index in [0.717, 1.165) is 53.3 Å². The number of benzene rings is 1. The molecule has 0 bridgehead atoms. The number of nitrogens with zero attached hydrogens (tertiary/aromatic N) is 4. The number of halogens is 2. The fourth-order valence-electron chi connectivity index (χ4n) is 5.31. The summed E-state index contributed by atoms with van der Waals surface area (Å²) in [5.41, 5.74) is 7.76. The lowest BCUT2D eigenvalue weighted by molar-refractivity contribution is -0.0630. The molecule has 1 aromatic carbocycles. The minimum Gasteiger partial charge on any atom is -0.444 e. The molecule has 0 aliphatic carbocycles. The molecule has 0 saturated carbocycles. The number of nitrogens with two attached hydrogens (primary N) is 1. The summed E-state index contributed by atoms with van der Waals surface area (Å²) in [5.74, 6) is -0.307. The molecule has 42 heavy (non-hydrogen) atoms. The van der Waals surface area contributed by atoms with E-state index in [1.807, 2.05) is 26.8 Å². The fraction of sp³-hybridized carbons (Fsp3) is 0.567. The number of nitrogens with one attached hydrogen (secondary N) is 2. The summed E-state index contributed by atoms with van der Waals surface area (Å²) in [6, 6.07) is 4.56. The first-order chi connectivity index (χ1) is 20.0. The van der Waals surface area contributed by atoms with E-state index >= 15 is 0 Å². The molecule has 2 aromatic heterocycles. The molecule has 2 unspecified atom stereocenters. The van der Waals surface area contributed by atoms with Crippen LogP contribution >= 0.6 is 0 Å². The molecule has 4 N–H and O–H groups in total. The van der Waals surface area contributed by atoms with Gasteiger partial charge in [0, 0.05) is 36.9 Å². The summed E-state index contributed by atoms with van der Waals surface area (Å²) in [6.45, 7) is 15.7. The SMILES string of the molecule is CC.CCn1c(-c2cc(C)[nH]n2)nc2c1CN(C1CO[C@H](c3cc(F)ccc3F)C(NC(=O)OC(C)(C)C)C1)C2.CN. The zero-order valence-electron chi connectivity index (χ0n) is 25.9. The smallest absolute Gasteiger partial charge is 0.407 e. The summed E-state index contributed by atoms with van der Waals surface area (Å²) < 4.78 is 42.5. The summed E-state index contributed by atoms with van der Waals surface area (Å²) in [5, 5.41) is 10.2. The van der Waals surface area contributed by atoms with Crippen LogP contribution in [-0.2, 0) is 29.1 Å². The number of aromatic amines is 1. The van der Waals surface area contributed by atoms with E-state index in [2.05, 4.69) is 37.6 Å². The second-order valence-corrected chi connectivity index (χ2v) is 11.0. The zero-order chi connectivity index (χ0) is 31.2. The molecule has 10 nitrogen and oxygen atoms in total. The van der Waals surface area contributed by atoms with Crippen LogP contribution in [0.25, 0.3) is 11.5 Å².